The quantitative estimate of drug-likeness (QED) is 0.169. The summed E-state index contributed by atoms with van der Waals surface area (Å²) >= 11 is 1.57. The van der Waals surface area contributed by atoms with Gasteiger partial charge < -0.3 is 27.0 Å². The normalized spacial score (nSPS) is 18.7. The molecule has 0 bridgehead atoms. The van der Waals surface area contributed by atoms with Crippen LogP contribution in [0.15, 0.2) is 102 Å². The molecule has 6 nitrogen and oxygen atoms in total. The van der Waals surface area contributed by atoms with Crippen LogP contribution in [0.2, 0.25) is 0 Å². The Morgan fingerprint density at radius 3 is 1.85 bits per heavy atom. The lowest BCUT2D eigenvalue weighted by atomic mass is 10.0. The molecule has 1 fully saturated rings. The van der Waals surface area contributed by atoms with E-state index in [2.05, 4.69) is 78.1 Å². The van der Waals surface area contributed by atoms with Gasteiger partial charge in [-0.3, -0.25) is 14.5 Å². The molecule has 3 aromatic carbocycles. The van der Waals surface area contributed by atoms with E-state index >= 15 is 0 Å². The van der Waals surface area contributed by atoms with E-state index in [-0.39, 0.29) is 28.3 Å². The molecule has 2 aliphatic heterocycles. The number of esters is 1. The highest BCUT2D eigenvalue weighted by Gasteiger charge is 2.56. The maximum Gasteiger partial charge on any atom is 0.355 e. The van der Waals surface area contributed by atoms with Crippen LogP contribution in [-0.2, 0) is 19.1 Å². The highest BCUT2D eigenvalue weighted by atomic mass is 79.9. The van der Waals surface area contributed by atoms with Crippen molar-refractivity contribution in [1.29, 1.82) is 0 Å². The average Bonchev–Trinajstić information content (AvgIpc) is 2.94. The first-order valence-corrected chi connectivity index (χ1v) is 15.9. The smallest absolute Gasteiger partial charge is 0.355 e. The van der Waals surface area contributed by atoms with Crippen LogP contribution in [0.4, 0.5) is 0 Å². The zero-order valence-electron chi connectivity index (χ0n) is 22.6. The topological polar surface area (TPSA) is 75.7 Å². The Morgan fingerprint density at radius 2 is 1.43 bits per heavy atom. The van der Waals surface area contributed by atoms with Crippen molar-refractivity contribution < 1.29 is 36.1 Å². The van der Waals surface area contributed by atoms with Crippen LogP contribution in [0, 0.1) is 0 Å². The summed E-state index contributed by atoms with van der Waals surface area (Å²) in [6.45, 7) is 5.47. The molecular weight excluding hydrogens is 607 g/mol. The highest BCUT2D eigenvalue weighted by Crippen LogP contribution is 2.58. The second kappa shape index (κ2) is 12.3. The van der Waals surface area contributed by atoms with Gasteiger partial charge in [0.05, 0.1) is 6.16 Å². The van der Waals surface area contributed by atoms with Crippen molar-refractivity contribution in [2.45, 2.75) is 37.8 Å². The average molecular weight is 640 g/mol. The van der Waals surface area contributed by atoms with Gasteiger partial charge in [-0.1, -0.05) is 54.6 Å². The van der Waals surface area contributed by atoms with Crippen molar-refractivity contribution >= 4 is 53.2 Å². The lowest BCUT2D eigenvalue weighted by Gasteiger charge is -2.49. The zero-order valence-corrected chi connectivity index (χ0v) is 25.9. The third-order valence-electron chi connectivity index (χ3n) is 6.91. The molecule has 1 saturated heterocycles. The minimum Gasteiger partial charge on any atom is -1.00 e. The zero-order chi connectivity index (χ0) is 27.6. The number of nitrogens with zero attached hydrogens (tertiary/aromatic N) is 1. The van der Waals surface area contributed by atoms with Crippen molar-refractivity contribution in [3.05, 3.63) is 102 Å². The minimum atomic E-state index is -2.31. The number of amides is 2. The molecule has 0 aliphatic carbocycles. The van der Waals surface area contributed by atoms with E-state index in [4.69, 9.17) is 4.74 Å². The van der Waals surface area contributed by atoms with E-state index in [1.54, 1.807) is 11.8 Å². The number of rotatable bonds is 8. The Morgan fingerprint density at radius 1 is 0.950 bits per heavy atom. The molecule has 0 radical (unpaired) electrons. The highest BCUT2D eigenvalue weighted by molar-refractivity contribution is 8.00. The summed E-state index contributed by atoms with van der Waals surface area (Å²) in [6, 6.07) is 30.7. The van der Waals surface area contributed by atoms with Gasteiger partial charge >= 0.3 is 5.97 Å². The summed E-state index contributed by atoms with van der Waals surface area (Å²) in [5, 5.41) is 5.86. The summed E-state index contributed by atoms with van der Waals surface area (Å²) in [4.78, 5) is 39.7. The fourth-order valence-electron chi connectivity index (χ4n) is 5.27. The van der Waals surface area contributed by atoms with E-state index in [9.17, 15) is 14.4 Å². The van der Waals surface area contributed by atoms with Gasteiger partial charge in [-0.15, -0.1) is 11.8 Å². The van der Waals surface area contributed by atoms with E-state index in [1.807, 2.05) is 39.0 Å². The van der Waals surface area contributed by atoms with Crippen LogP contribution in [-0.4, -0.2) is 52.1 Å². The monoisotopic (exact) mass is 638 g/mol. The number of β-lactam (4-membered cyclic amide) rings is 1. The van der Waals surface area contributed by atoms with Gasteiger partial charge in [0, 0.05) is 11.3 Å². The second-order valence-electron chi connectivity index (χ2n) is 10.6. The molecule has 0 unspecified atom stereocenters. The molecule has 3 aromatic rings. The Labute approximate surface area is 250 Å². The molecule has 2 amide bonds. The first kappa shape index (κ1) is 30.0. The number of halogens is 1. The van der Waals surface area contributed by atoms with E-state index in [0.717, 1.165) is 5.57 Å². The van der Waals surface area contributed by atoms with Crippen LogP contribution in [0.1, 0.15) is 20.8 Å². The van der Waals surface area contributed by atoms with Gasteiger partial charge in [-0.25, -0.2) is 4.79 Å². The van der Waals surface area contributed by atoms with Crippen LogP contribution in [0.3, 0.4) is 0 Å². The molecule has 2 aliphatic rings. The molecule has 0 aromatic heterocycles. The molecule has 0 saturated carbocycles. The standard InChI is InChI=1S/C31H31N2O4PS.BrH/c1-31(2,3)37-30(36)27-22(20-39-29-26(32-21-34)28(35)33(27)29)19-38(23-13-7-4-8-14-23,24-15-9-5-10-16-24)25-17-11-6-12-18-25;/h4-18,21,26,29H,19-20H2,1-3H3;1H/t26-,29+;/m1./s1. The summed E-state index contributed by atoms with van der Waals surface area (Å²) in [6.07, 6.45) is 1.12. The van der Waals surface area contributed by atoms with Crippen LogP contribution in [0.5, 0.6) is 0 Å². The second-order valence-corrected chi connectivity index (χ2v) is 15.2. The molecule has 0 spiro atoms. The molecule has 2 atom stereocenters. The van der Waals surface area contributed by atoms with E-state index in [0.29, 0.717) is 24.0 Å². The van der Waals surface area contributed by atoms with Crippen molar-refractivity contribution in [2.75, 3.05) is 11.9 Å². The largest absolute Gasteiger partial charge is 1.00 e. The van der Waals surface area contributed by atoms with Crippen LogP contribution in [0.25, 0.3) is 0 Å². The molecule has 5 rings (SSSR count). The van der Waals surface area contributed by atoms with Gasteiger partial charge in [0.25, 0.3) is 5.91 Å². The number of hydrogen-bond acceptors (Lipinski definition) is 5. The fourth-order valence-corrected chi connectivity index (χ4v) is 11.1. The van der Waals surface area contributed by atoms with Crippen molar-refractivity contribution in [3.63, 3.8) is 0 Å². The number of benzene rings is 3. The van der Waals surface area contributed by atoms with Gasteiger partial charge in [-0.05, 0) is 57.2 Å². The summed E-state index contributed by atoms with van der Waals surface area (Å²) in [5.74, 6) is -0.248. The van der Waals surface area contributed by atoms with Gasteiger partial charge in [0.1, 0.15) is 45.9 Å². The number of fused-ring (bicyclic) bond motifs is 1. The predicted octanol–water partition coefficient (Wildman–Crippen LogP) is 0.610. The fraction of sp³-hybridized carbons (Fsp3) is 0.258. The van der Waals surface area contributed by atoms with Crippen molar-refractivity contribution in [1.82, 2.24) is 10.2 Å². The minimum absolute atomic E-state index is 0. The number of nitrogens with one attached hydrogen (secondary N) is 1. The number of thioether (sulfide) groups is 1. The summed E-state index contributed by atoms with van der Waals surface area (Å²) in [5.41, 5.74) is 0.469. The third-order valence-corrected chi connectivity index (χ3v) is 12.6. The lowest BCUT2D eigenvalue weighted by Crippen LogP contribution is -3.00. The number of ether oxygens (including phenoxy) is 1. The molecule has 1 N–H and O–H groups in total. The Bertz CT molecular complexity index is 1300. The number of carbonyl (C=O) groups is 3. The molecule has 208 valence electrons. The molecule has 9 heteroatoms. The van der Waals surface area contributed by atoms with Crippen LogP contribution < -0.4 is 38.2 Å². The Kier molecular flexibility index (Phi) is 9.23. The van der Waals surface area contributed by atoms with Gasteiger partial charge in [0.15, 0.2) is 0 Å². The first-order valence-electron chi connectivity index (χ1n) is 12.9. The van der Waals surface area contributed by atoms with E-state index in [1.165, 1.54) is 20.8 Å². The van der Waals surface area contributed by atoms with Gasteiger partial charge in [0.2, 0.25) is 6.41 Å². The van der Waals surface area contributed by atoms with E-state index < -0.39 is 24.9 Å². The molecule has 2 heterocycles. The van der Waals surface area contributed by atoms with Crippen molar-refractivity contribution in [3.8, 4) is 0 Å². The summed E-state index contributed by atoms with van der Waals surface area (Å²) < 4.78 is 5.86. The predicted molar refractivity (Wildman–Crippen MR) is 159 cm³/mol. The third kappa shape index (κ3) is 5.63. The first-order chi connectivity index (χ1) is 18.8. The number of hydrogen-bond donors (Lipinski definition) is 1. The Balaban J connectivity index is 0.00000370. The summed E-state index contributed by atoms with van der Waals surface area (Å²) in [7, 11) is -2.31. The SMILES string of the molecule is CC(C)(C)OC(=O)C1=C(C[P+](c2ccccc2)(c2ccccc2)c2ccccc2)CS[C@H]2[C@H](NC=O)C(=O)N12.[Br-]. The molecular formula is C31H32BrN2O4PS. The maximum absolute atomic E-state index is 13.8. The molecule has 40 heavy (non-hydrogen) atoms. The maximum atomic E-state index is 13.8. The van der Waals surface area contributed by atoms with Gasteiger partial charge in [-0.2, -0.15) is 0 Å². The van der Waals surface area contributed by atoms with Crippen LogP contribution >= 0.6 is 19.0 Å². The van der Waals surface area contributed by atoms with Crippen molar-refractivity contribution in [2.24, 2.45) is 0 Å². The number of carbonyl (C=O) groups excluding carboxylic acids is 3. The lowest BCUT2D eigenvalue weighted by molar-refractivity contribution is -0.158. The Hall–Kier alpha value is -2.93.